The van der Waals surface area contributed by atoms with Crippen LogP contribution in [0.15, 0.2) is 29.2 Å². The van der Waals surface area contributed by atoms with Gasteiger partial charge in [-0.3, -0.25) is 14.5 Å². The smallest absolute Gasteiger partial charge is 0.266 e. The number of hydrogen-bond acceptors (Lipinski definition) is 5. The lowest BCUT2D eigenvalue weighted by molar-refractivity contribution is -0.123. The zero-order valence-corrected chi connectivity index (χ0v) is 17.8. The van der Waals surface area contributed by atoms with E-state index < -0.39 is 0 Å². The second-order valence-corrected chi connectivity index (χ2v) is 8.97. The van der Waals surface area contributed by atoms with Gasteiger partial charge in [0.2, 0.25) is 5.91 Å². The van der Waals surface area contributed by atoms with Gasteiger partial charge >= 0.3 is 0 Å². The summed E-state index contributed by atoms with van der Waals surface area (Å²) in [5.41, 5.74) is 2.29. The lowest BCUT2D eigenvalue weighted by atomic mass is 9.87. The summed E-state index contributed by atoms with van der Waals surface area (Å²) < 4.78 is 5.38. The number of ether oxygens (including phenoxy) is 1. The van der Waals surface area contributed by atoms with Crippen molar-refractivity contribution in [1.82, 2.24) is 10.2 Å². The first-order valence-electron chi connectivity index (χ1n) is 8.84. The predicted octanol–water partition coefficient (Wildman–Crippen LogP) is 3.34. The molecule has 1 fully saturated rings. The van der Waals surface area contributed by atoms with Gasteiger partial charge in [0.1, 0.15) is 4.32 Å². The predicted molar refractivity (Wildman–Crippen MR) is 115 cm³/mol. The largest absolute Gasteiger partial charge is 0.383 e. The number of nitrogens with one attached hydrogen (secondary N) is 1. The first kappa shape index (κ1) is 21.6. The third-order valence-corrected chi connectivity index (χ3v) is 5.52. The van der Waals surface area contributed by atoms with E-state index in [9.17, 15) is 9.59 Å². The maximum atomic E-state index is 12.6. The van der Waals surface area contributed by atoms with Crippen LogP contribution in [0.1, 0.15) is 38.3 Å². The van der Waals surface area contributed by atoms with Gasteiger partial charge in [0.15, 0.2) is 0 Å². The van der Waals surface area contributed by atoms with E-state index in [-0.39, 0.29) is 30.2 Å². The Balaban J connectivity index is 1.98. The van der Waals surface area contributed by atoms with E-state index >= 15 is 0 Å². The average molecular weight is 407 g/mol. The number of carbonyl (C=O) groups excluding carboxylic acids is 2. The number of carbonyl (C=O) groups is 2. The molecule has 0 aromatic heterocycles. The van der Waals surface area contributed by atoms with E-state index in [1.807, 2.05) is 18.2 Å². The fourth-order valence-electron chi connectivity index (χ4n) is 2.52. The van der Waals surface area contributed by atoms with Crippen molar-refractivity contribution in [2.24, 2.45) is 0 Å². The number of nitrogens with zero attached hydrogens (tertiary/aromatic N) is 1. The molecule has 2 amide bonds. The standard InChI is InChI=1S/C20H26N2O3S2/c1-20(2,3)15-7-5-14(6-8-15)13-16-18(24)22(19(26)27-16)11-9-17(23)21-10-12-25-4/h5-8,13H,9-12H2,1-4H3,(H,21,23). The summed E-state index contributed by atoms with van der Waals surface area (Å²) in [5.74, 6) is -0.266. The SMILES string of the molecule is COCCNC(=O)CCN1C(=O)C(=Cc2ccc(C(C)(C)C)cc2)SC1=S. The molecule has 1 heterocycles. The van der Waals surface area contributed by atoms with Gasteiger partial charge < -0.3 is 10.1 Å². The highest BCUT2D eigenvalue weighted by Crippen LogP contribution is 2.33. The van der Waals surface area contributed by atoms with Crippen LogP contribution in [0.2, 0.25) is 0 Å². The Hall–Kier alpha value is -1.70. The molecule has 0 atom stereocenters. The highest BCUT2D eigenvalue weighted by atomic mass is 32.2. The van der Waals surface area contributed by atoms with Crippen LogP contribution in [-0.2, 0) is 19.7 Å². The van der Waals surface area contributed by atoms with Crippen LogP contribution in [-0.4, -0.2) is 47.8 Å². The van der Waals surface area contributed by atoms with Crippen molar-refractivity contribution in [1.29, 1.82) is 0 Å². The van der Waals surface area contributed by atoms with Gasteiger partial charge in [-0.1, -0.05) is 69.0 Å². The van der Waals surface area contributed by atoms with Crippen molar-refractivity contribution in [3.05, 3.63) is 40.3 Å². The first-order chi connectivity index (χ1) is 12.7. The van der Waals surface area contributed by atoms with Crippen LogP contribution in [0, 0.1) is 0 Å². The van der Waals surface area contributed by atoms with Crippen molar-refractivity contribution < 1.29 is 14.3 Å². The van der Waals surface area contributed by atoms with Gasteiger partial charge in [-0.25, -0.2) is 0 Å². The van der Waals surface area contributed by atoms with Crippen LogP contribution < -0.4 is 5.32 Å². The molecule has 0 bridgehead atoms. The first-order valence-corrected chi connectivity index (χ1v) is 10.1. The lowest BCUT2D eigenvalue weighted by Crippen LogP contribution is -2.34. The van der Waals surface area contributed by atoms with Gasteiger partial charge in [-0.15, -0.1) is 0 Å². The maximum absolute atomic E-state index is 12.6. The third kappa shape index (κ3) is 6.16. The Morgan fingerprint density at radius 3 is 2.56 bits per heavy atom. The van der Waals surface area contributed by atoms with E-state index in [0.717, 1.165) is 5.56 Å². The molecule has 1 aliphatic rings. The molecule has 0 saturated carbocycles. The molecule has 0 radical (unpaired) electrons. The van der Waals surface area contributed by atoms with Crippen molar-refractivity contribution in [3.63, 3.8) is 0 Å². The van der Waals surface area contributed by atoms with Crippen molar-refractivity contribution in [2.45, 2.75) is 32.6 Å². The third-order valence-electron chi connectivity index (χ3n) is 4.14. The normalized spacial score (nSPS) is 16.3. The number of rotatable bonds is 7. The summed E-state index contributed by atoms with van der Waals surface area (Å²) >= 11 is 6.59. The Labute approximate surface area is 170 Å². The minimum absolute atomic E-state index is 0.0891. The summed E-state index contributed by atoms with van der Waals surface area (Å²) in [6.07, 6.45) is 2.06. The Kier molecular flexibility index (Phi) is 7.59. The molecular formula is C20H26N2O3S2. The number of benzene rings is 1. The number of hydrogen-bond donors (Lipinski definition) is 1. The second-order valence-electron chi connectivity index (χ2n) is 7.30. The Morgan fingerprint density at radius 1 is 1.30 bits per heavy atom. The highest BCUT2D eigenvalue weighted by molar-refractivity contribution is 8.26. The van der Waals surface area contributed by atoms with Gasteiger partial charge in [0.25, 0.3) is 5.91 Å². The Morgan fingerprint density at radius 2 is 1.96 bits per heavy atom. The van der Waals surface area contributed by atoms with Crippen LogP contribution in [0.5, 0.6) is 0 Å². The lowest BCUT2D eigenvalue weighted by Gasteiger charge is -2.18. The minimum atomic E-state index is -0.144. The van der Waals surface area contributed by atoms with Crippen LogP contribution in [0.25, 0.3) is 6.08 Å². The fraction of sp³-hybridized carbons (Fsp3) is 0.450. The highest BCUT2D eigenvalue weighted by Gasteiger charge is 2.32. The minimum Gasteiger partial charge on any atom is -0.383 e. The molecule has 0 unspecified atom stereocenters. The van der Waals surface area contributed by atoms with Gasteiger partial charge in [0, 0.05) is 26.6 Å². The Bertz CT molecular complexity index is 737. The molecule has 27 heavy (non-hydrogen) atoms. The topological polar surface area (TPSA) is 58.6 Å². The maximum Gasteiger partial charge on any atom is 0.266 e. The van der Waals surface area contributed by atoms with E-state index in [1.54, 1.807) is 7.11 Å². The summed E-state index contributed by atoms with van der Waals surface area (Å²) in [7, 11) is 1.58. The summed E-state index contributed by atoms with van der Waals surface area (Å²) in [6, 6.07) is 8.18. The van der Waals surface area contributed by atoms with Gasteiger partial charge in [0.05, 0.1) is 11.5 Å². The quantitative estimate of drug-likeness (QED) is 0.428. The number of methoxy groups -OCH3 is 1. The van der Waals surface area contributed by atoms with E-state index in [4.69, 9.17) is 17.0 Å². The van der Waals surface area contributed by atoms with Crippen LogP contribution >= 0.6 is 24.0 Å². The molecule has 1 aliphatic heterocycles. The molecule has 1 saturated heterocycles. The van der Waals surface area contributed by atoms with Gasteiger partial charge in [-0.05, 0) is 22.6 Å². The van der Waals surface area contributed by atoms with E-state index in [2.05, 4.69) is 38.2 Å². The zero-order valence-electron chi connectivity index (χ0n) is 16.2. The van der Waals surface area contributed by atoms with Crippen LogP contribution in [0.4, 0.5) is 0 Å². The average Bonchev–Trinajstić information content (AvgIpc) is 2.86. The van der Waals surface area contributed by atoms with Crippen molar-refractivity contribution >= 4 is 46.2 Å². The zero-order chi connectivity index (χ0) is 20.0. The summed E-state index contributed by atoms with van der Waals surface area (Å²) in [4.78, 5) is 26.5. The molecule has 7 heteroatoms. The molecule has 5 nitrogen and oxygen atoms in total. The van der Waals surface area contributed by atoms with Crippen LogP contribution in [0.3, 0.4) is 0 Å². The van der Waals surface area contributed by atoms with Crippen molar-refractivity contribution in [2.75, 3.05) is 26.8 Å². The molecule has 0 spiro atoms. The van der Waals surface area contributed by atoms with Gasteiger partial charge in [-0.2, -0.15) is 0 Å². The van der Waals surface area contributed by atoms with E-state index in [1.165, 1.54) is 22.2 Å². The molecule has 146 valence electrons. The molecule has 1 aromatic carbocycles. The van der Waals surface area contributed by atoms with Crippen molar-refractivity contribution in [3.8, 4) is 0 Å². The summed E-state index contributed by atoms with van der Waals surface area (Å²) in [6.45, 7) is 7.70. The molecule has 1 aromatic rings. The molecule has 1 N–H and O–H groups in total. The number of amides is 2. The molecule has 0 aliphatic carbocycles. The molecular weight excluding hydrogens is 380 g/mol. The second kappa shape index (κ2) is 9.48. The fourth-order valence-corrected chi connectivity index (χ4v) is 3.83. The molecule has 2 rings (SSSR count). The monoisotopic (exact) mass is 406 g/mol. The number of thiocarbonyl (C=S) groups is 1. The number of thioether (sulfide) groups is 1. The summed E-state index contributed by atoms with van der Waals surface area (Å²) in [5, 5.41) is 2.74. The van der Waals surface area contributed by atoms with E-state index in [0.29, 0.717) is 22.4 Å².